The fourth-order valence-corrected chi connectivity index (χ4v) is 5.27. The molecule has 10 heteroatoms. The zero-order valence-corrected chi connectivity index (χ0v) is 19.3. The molecule has 2 heterocycles. The van der Waals surface area contributed by atoms with Crippen molar-refractivity contribution in [2.24, 2.45) is 0 Å². The van der Waals surface area contributed by atoms with Gasteiger partial charge in [0, 0.05) is 32.6 Å². The van der Waals surface area contributed by atoms with E-state index < -0.39 is 10.0 Å². The summed E-state index contributed by atoms with van der Waals surface area (Å²) in [5, 5.41) is 1.40. The Morgan fingerprint density at radius 3 is 2.30 bits per heavy atom. The van der Waals surface area contributed by atoms with Gasteiger partial charge >= 0.3 is 0 Å². The average molecular weight is 471 g/mol. The highest BCUT2D eigenvalue weighted by atomic mass is 32.2. The number of amides is 2. The Labute approximate surface area is 193 Å². The molecule has 0 unspecified atom stereocenters. The van der Waals surface area contributed by atoms with E-state index in [1.807, 2.05) is 31.2 Å². The molecule has 2 aromatic carbocycles. The number of aryl methyl sites for hydroxylation is 1. The van der Waals surface area contributed by atoms with Crippen LogP contribution in [-0.2, 0) is 19.6 Å². The molecular formula is C23H26N4O5S. The van der Waals surface area contributed by atoms with E-state index in [-0.39, 0.29) is 49.3 Å². The highest BCUT2D eigenvalue weighted by Gasteiger charge is 2.33. The molecule has 0 spiro atoms. The summed E-state index contributed by atoms with van der Waals surface area (Å²) in [5.74, 6) is 0.162. The second kappa shape index (κ2) is 9.24. The van der Waals surface area contributed by atoms with Crippen LogP contribution in [0.25, 0.3) is 0 Å². The molecule has 0 saturated carbocycles. The Balaban J connectivity index is 1.42. The van der Waals surface area contributed by atoms with E-state index in [2.05, 4.69) is 5.43 Å². The maximum Gasteiger partial charge on any atom is 0.271 e. The molecule has 1 fully saturated rings. The van der Waals surface area contributed by atoms with Crippen molar-refractivity contribution in [2.75, 3.05) is 38.3 Å². The first-order valence-electron chi connectivity index (χ1n) is 10.6. The largest absolute Gasteiger partial charge is 0.497 e. The zero-order valence-electron chi connectivity index (χ0n) is 18.5. The molecule has 0 bridgehead atoms. The van der Waals surface area contributed by atoms with Gasteiger partial charge in [0.05, 0.1) is 17.7 Å². The van der Waals surface area contributed by atoms with Gasteiger partial charge in [0.1, 0.15) is 11.4 Å². The average Bonchev–Trinajstić information content (AvgIpc) is 2.84. The SMILES string of the molecule is COc1ccc(S(=O)(=O)N2CCN(C(=O)C3=CCC(=O)N(c4ccccc4C)N3)CC2)cc1. The summed E-state index contributed by atoms with van der Waals surface area (Å²) in [6.07, 6.45) is 1.69. The quantitative estimate of drug-likeness (QED) is 0.714. The highest BCUT2D eigenvalue weighted by Crippen LogP contribution is 2.24. The fraction of sp³-hybridized carbons (Fsp3) is 0.304. The maximum atomic E-state index is 13.1. The number of sulfonamides is 1. The van der Waals surface area contributed by atoms with Gasteiger partial charge in [0.2, 0.25) is 15.9 Å². The van der Waals surface area contributed by atoms with Gasteiger partial charge in [-0.25, -0.2) is 13.4 Å². The number of hydrogen-bond acceptors (Lipinski definition) is 6. The number of para-hydroxylation sites is 1. The van der Waals surface area contributed by atoms with Crippen LogP contribution in [0.1, 0.15) is 12.0 Å². The Morgan fingerprint density at radius 2 is 1.67 bits per heavy atom. The molecule has 2 aromatic rings. The number of ether oxygens (including phenoxy) is 1. The van der Waals surface area contributed by atoms with Crippen molar-refractivity contribution in [1.29, 1.82) is 0 Å². The molecule has 2 aliphatic heterocycles. The number of piperazine rings is 1. The smallest absolute Gasteiger partial charge is 0.271 e. The minimum absolute atomic E-state index is 0.105. The van der Waals surface area contributed by atoms with E-state index in [1.165, 1.54) is 28.6 Å². The van der Waals surface area contributed by atoms with Crippen molar-refractivity contribution in [3.63, 3.8) is 0 Å². The zero-order chi connectivity index (χ0) is 23.6. The van der Waals surface area contributed by atoms with Gasteiger partial charge in [0.25, 0.3) is 5.91 Å². The summed E-state index contributed by atoms with van der Waals surface area (Å²) in [6, 6.07) is 13.7. The monoisotopic (exact) mass is 470 g/mol. The molecule has 33 heavy (non-hydrogen) atoms. The lowest BCUT2D eigenvalue weighted by molar-refractivity contribution is -0.129. The van der Waals surface area contributed by atoms with E-state index in [0.717, 1.165) is 5.56 Å². The lowest BCUT2D eigenvalue weighted by atomic mass is 10.1. The number of hydrazine groups is 1. The van der Waals surface area contributed by atoms with Crippen LogP contribution in [-0.4, -0.2) is 62.7 Å². The molecule has 174 valence electrons. The molecule has 1 saturated heterocycles. The Bertz CT molecular complexity index is 1190. The second-order valence-electron chi connectivity index (χ2n) is 7.82. The van der Waals surface area contributed by atoms with E-state index in [9.17, 15) is 18.0 Å². The predicted molar refractivity (Wildman–Crippen MR) is 123 cm³/mol. The van der Waals surface area contributed by atoms with Crippen LogP contribution < -0.4 is 15.2 Å². The minimum Gasteiger partial charge on any atom is -0.497 e. The van der Waals surface area contributed by atoms with Crippen LogP contribution in [0.2, 0.25) is 0 Å². The van der Waals surface area contributed by atoms with Crippen LogP contribution in [0.15, 0.2) is 65.2 Å². The first kappa shape index (κ1) is 22.8. The van der Waals surface area contributed by atoms with Gasteiger partial charge in [-0.15, -0.1) is 0 Å². The second-order valence-corrected chi connectivity index (χ2v) is 9.76. The van der Waals surface area contributed by atoms with Gasteiger partial charge in [-0.1, -0.05) is 18.2 Å². The number of nitrogens with one attached hydrogen (secondary N) is 1. The number of rotatable bonds is 5. The number of anilines is 1. The van der Waals surface area contributed by atoms with Crippen molar-refractivity contribution < 1.29 is 22.7 Å². The van der Waals surface area contributed by atoms with Crippen LogP contribution in [0.3, 0.4) is 0 Å². The number of carbonyl (C=O) groups excluding carboxylic acids is 2. The first-order valence-corrected chi connectivity index (χ1v) is 12.0. The van der Waals surface area contributed by atoms with E-state index in [4.69, 9.17) is 4.74 Å². The minimum atomic E-state index is -3.66. The Kier molecular flexibility index (Phi) is 6.39. The summed E-state index contributed by atoms with van der Waals surface area (Å²) in [7, 11) is -2.14. The van der Waals surface area contributed by atoms with Crippen molar-refractivity contribution in [3.05, 3.63) is 65.9 Å². The summed E-state index contributed by atoms with van der Waals surface area (Å²) < 4.78 is 32.4. The highest BCUT2D eigenvalue weighted by molar-refractivity contribution is 7.89. The molecule has 0 atom stereocenters. The number of carbonyl (C=O) groups is 2. The van der Waals surface area contributed by atoms with Gasteiger partial charge in [-0.2, -0.15) is 4.31 Å². The number of hydrogen-bond donors (Lipinski definition) is 1. The van der Waals surface area contributed by atoms with Crippen molar-refractivity contribution in [1.82, 2.24) is 14.6 Å². The summed E-state index contributed by atoms with van der Waals surface area (Å²) in [5.41, 5.74) is 4.85. The standard InChI is InChI=1S/C23H26N4O5S/c1-17-5-3-4-6-21(17)27-22(28)12-11-20(24-27)23(29)25-13-15-26(16-14-25)33(30,31)19-9-7-18(32-2)8-10-19/h3-11,24H,12-16H2,1-2H3. The van der Waals surface area contributed by atoms with Gasteiger partial charge < -0.3 is 9.64 Å². The fourth-order valence-electron chi connectivity index (χ4n) is 3.85. The van der Waals surface area contributed by atoms with Crippen LogP contribution in [0.4, 0.5) is 5.69 Å². The predicted octanol–water partition coefficient (Wildman–Crippen LogP) is 1.66. The van der Waals surface area contributed by atoms with E-state index in [1.54, 1.807) is 23.1 Å². The lowest BCUT2D eigenvalue weighted by Gasteiger charge is -2.36. The molecule has 4 rings (SSSR count). The molecule has 0 aliphatic carbocycles. The normalized spacial score (nSPS) is 17.4. The summed E-state index contributed by atoms with van der Waals surface area (Å²) in [6.45, 7) is 2.78. The van der Waals surface area contributed by atoms with Gasteiger partial charge in [0.15, 0.2) is 0 Å². The molecular weight excluding hydrogens is 444 g/mol. The third kappa shape index (κ3) is 4.57. The van der Waals surface area contributed by atoms with Crippen molar-refractivity contribution in [3.8, 4) is 5.75 Å². The summed E-state index contributed by atoms with van der Waals surface area (Å²) in [4.78, 5) is 27.3. The molecule has 0 radical (unpaired) electrons. The topological polar surface area (TPSA) is 99.3 Å². The van der Waals surface area contributed by atoms with E-state index in [0.29, 0.717) is 17.1 Å². The number of benzene rings is 2. The van der Waals surface area contributed by atoms with Gasteiger partial charge in [-0.3, -0.25) is 15.0 Å². The van der Waals surface area contributed by atoms with Crippen molar-refractivity contribution >= 4 is 27.5 Å². The van der Waals surface area contributed by atoms with Crippen LogP contribution >= 0.6 is 0 Å². The maximum absolute atomic E-state index is 13.1. The lowest BCUT2D eigenvalue weighted by Crippen LogP contribution is -2.54. The molecule has 0 aromatic heterocycles. The third-order valence-electron chi connectivity index (χ3n) is 5.77. The van der Waals surface area contributed by atoms with Crippen LogP contribution in [0, 0.1) is 6.92 Å². The number of nitrogens with zero attached hydrogens (tertiary/aromatic N) is 3. The molecule has 9 nitrogen and oxygen atoms in total. The first-order chi connectivity index (χ1) is 15.8. The Hall–Kier alpha value is -3.37. The van der Waals surface area contributed by atoms with Gasteiger partial charge in [-0.05, 0) is 48.9 Å². The van der Waals surface area contributed by atoms with Crippen molar-refractivity contribution in [2.45, 2.75) is 18.2 Å². The molecule has 2 amide bonds. The van der Waals surface area contributed by atoms with E-state index >= 15 is 0 Å². The molecule has 2 aliphatic rings. The third-order valence-corrected chi connectivity index (χ3v) is 7.69. The molecule has 1 N–H and O–H groups in total. The number of methoxy groups -OCH3 is 1. The Morgan fingerprint density at radius 1 is 1.00 bits per heavy atom. The van der Waals surface area contributed by atoms with Crippen LogP contribution in [0.5, 0.6) is 5.75 Å². The summed E-state index contributed by atoms with van der Waals surface area (Å²) >= 11 is 0.